The first-order chi connectivity index (χ1) is 13.3. The number of H-pyrrole nitrogens is 1. The molecule has 9 nitrogen and oxygen atoms in total. The standard InChI is InChI=1S/C18H12FN3O6/c19-9-1-4-11(5-2-9)22-16(25)13(15(24)21-18(22)28)8-20-10-3-6-12(17(26)27)14(23)7-10/h1-8,23,25H,(H,26,27)(H,21,24,28). The minimum Gasteiger partial charge on any atom is -0.507 e. The topological polar surface area (TPSA) is 145 Å². The predicted molar refractivity (Wildman–Crippen MR) is 96.6 cm³/mol. The van der Waals surface area contributed by atoms with Gasteiger partial charge in [-0.1, -0.05) is 0 Å². The largest absolute Gasteiger partial charge is 0.507 e. The van der Waals surface area contributed by atoms with Gasteiger partial charge in [-0.05, 0) is 36.4 Å². The molecule has 0 spiro atoms. The van der Waals surface area contributed by atoms with Crippen LogP contribution in [0.15, 0.2) is 57.0 Å². The predicted octanol–water partition coefficient (Wildman–Crippen LogP) is 1.52. The summed E-state index contributed by atoms with van der Waals surface area (Å²) < 4.78 is 13.8. The van der Waals surface area contributed by atoms with Crippen molar-refractivity contribution in [3.8, 4) is 17.3 Å². The van der Waals surface area contributed by atoms with Crippen LogP contribution in [0, 0.1) is 5.82 Å². The molecular weight excluding hydrogens is 373 g/mol. The highest BCUT2D eigenvalue weighted by Crippen LogP contribution is 2.24. The van der Waals surface area contributed by atoms with E-state index in [9.17, 15) is 29.0 Å². The van der Waals surface area contributed by atoms with Crippen LogP contribution in [0.5, 0.6) is 11.6 Å². The van der Waals surface area contributed by atoms with E-state index in [-0.39, 0.29) is 22.5 Å². The van der Waals surface area contributed by atoms with Crippen LogP contribution in [0.2, 0.25) is 0 Å². The summed E-state index contributed by atoms with van der Waals surface area (Å²) >= 11 is 0. The van der Waals surface area contributed by atoms with Crippen LogP contribution >= 0.6 is 0 Å². The van der Waals surface area contributed by atoms with Gasteiger partial charge in [-0.25, -0.2) is 18.5 Å². The van der Waals surface area contributed by atoms with Crippen molar-refractivity contribution in [3.05, 3.63) is 80.2 Å². The summed E-state index contributed by atoms with van der Waals surface area (Å²) in [7, 11) is 0. The Labute approximate surface area is 155 Å². The van der Waals surface area contributed by atoms with E-state index in [4.69, 9.17) is 5.11 Å². The summed E-state index contributed by atoms with van der Waals surface area (Å²) in [5.74, 6) is -3.13. The zero-order chi connectivity index (χ0) is 20.4. The summed E-state index contributed by atoms with van der Waals surface area (Å²) in [4.78, 5) is 40.9. The van der Waals surface area contributed by atoms with E-state index in [1.165, 1.54) is 18.2 Å². The molecule has 1 aromatic heterocycles. The number of benzene rings is 2. The minimum atomic E-state index is -1.33. The Morgan fingerprint density at radius 1 is 1.11 bits per heavy atom. The molecular formula is C18H12FN3O6. The summed E-state index contributed by atoms with van der Waals surface area (Å²) in [5.41, 5.74) is -2.35. The monoisotopic (exact) mass is 385 g/mol. The second kappa shape index (κ2) is 7.19. The van der Waals surface area contributed by atoms with Crippen molar-refractivity contribution in [1.29, 1.82) is 0 Å². The molecule has 0 unspecified atom stereocenters. The number of aromatic nitrogens is 2. The molecule has 0 saturated heterocycles. The third-order valence-electron chi connectivity index (χ3n) is 3.76. The van der Waals surface area contributed by atoms with Crippen molar-refractivity contribution in [2.45, 2.75) is 0 Å². The van der Waals surface area contributed by atoms with E-state index in [1.807, 2.05) is 4.98 Å². The van der Waals surface area contributed by atoms with E-state index < -0.39 is 34.7 Å². The fourth-order valence-corrected chi connectivity index (χ4v) is 2.40. The second-order valence-electron chi connectivity index (χ2n) is 5.57. The summed E-state index contributed by atoms with van der Waals surface area (Å²) in [6.45, 7) is 0. The van der Waals surface area contributed by atoms with Crippen molar-refractivity contribution < 1.29 is 24.5 Å². The number of hydrogen-bond acceptors (Lipinski definition) is 6. The van der Waals surface area contributed by atoms with Gasteiger partial charge in [0.15, 0.2) is 0 Å². The van der Waals surface area contributed by atoms with Gasteiger partial charge in [0, 0.05) is 12.3 Å². The lowest BCUT2D eigenvalue weighted by atomic mass is 10.2. The maximum Gasteiger partial charge on any atom is 0.339 e. The number of aliphatic imine (C=N–C) groups is 1. The van der Waals surface area contributed by atoms with Crippen molar-refractivity contribution in [2.24, 2.45) is 4.99 Å². The van der Waals surface area contributed by atoms with E-state index in [0.29, 0.717) is 0 Å². The molecule has 0 aliphatic carbocycles. The first kappa shape index (κ1) is 18.6. The highest BCUT2D eigenvalue weighted by atomic mass is 19.1. The highest BCUT2D eigenvalue weighted by Gasteiger charge is 2.15. The third-order valence-corrected chi connectivity index (χ3v) is 3.76. The Morgan fingerprint density at radius 2 is 1.79 bits per heavy atom. The SMILES string of the molecule is O=C(O)c1ccc(N=Cc2c(O)n(-c3ccc(F)cc3)c(=O)[nH]c2=O)cc1O. The fourth-order valence-electron chi connectivity index (χ4n) is 2.40. The van der Waals surface area contributed by atoms with Gasteiger partial charge >= 0.3 is 11.7 Å². The molecule has 2 aromatic carbocycles. The van der Waals surface area contributed by atoms with Crippen molar-refractivity contribution >= 4 is 17.9 Å². The van der Waals surface area contributed by atoms with Crippen molar-refractivity contribution in [1.82, 2.24) is 9.55 Å². The lowest BCUT2D eigenvalue weighted by Gasteiger charge is -2.09. The van der Waals surface area contributed by atoms with Crippen LogP contribution < -0.4 is 11.2 Å². The van der Waals surface area contributed by atoms with Crippen LogP contribution in [0.3, 0.4) is 0 Å². The molecule has 28 heavy (non-hydrogen) atoms. The van der Waals surface area contributed by atoms with Gasteiger partial charge in [0.2, 0.25) is 5.88 Å². The first-order valence-corrected chi connectivity index (χ1v) is 7.72. The molecule has 0 aliphatic rings. The van der Waals surface area contributed by atoms with Gasteiger partial charge in [0.1, 0.15) is 22.7 Å². The molecule has 0 amide bonds. The maximum absolute atomic E-state index is 13.1. The number of carboxylic acid groups (broad SMARTS) is 1. The quantitative estimate of drug-likeness (QED) is 0.501. The number of aromatic carboxylic acids is 1. The number of carbonyl (C=O) groups is 1. The van der Waals surface area contributed by atoms with Gasteiger partial charge in [0.05, 0.1) is 11.4 Å². The minimum absolute atomic E-state index is 0.0980. The van der Waals surface area contributed by atoms with E-state index in [0.717, 1.165) is 35.0 Å². The van der Waals surface area contributed by atoms with Crippen LogP contribution in [0.4, 0.5) is 10.1 Å². The van der Waals surface area contributed by atoms with Gasteiger partial charge in [-0.15, -0.1) is 0 Å². The first-order valence-electron chi connectivity index (χ1n) is 7.72. The Bertz CT molecular complexity index is 1210. The van der Waals surface area contributed by atoms with Crippen LogP contribution in [-0.2, 0) is 0 Å². The van der Waals surface area contributed by atoms with Crippen LogP contribution in [0.1, 0.15) is 15.9 Å². The maximum atomic E-state index is 13.1. The fraction of sp³-hybridized carbons (Fsp3) is 0. The number of halogens is 1. The van der Waals surface area contributed by atoms with Crippen molar-refractivity contribution in [3.63, 3.8) is 0 Å². The molecule has 10 heteroatoms. The number of hydrogen-bond donors (Lipinski definition) is 4. The number of rotatable bonds is 4. The Morgan fingerprint density at radius 3 is 2.39 bits per heavy atom. The lowest BCUT2D eigenvalue weighted by Crippen LogP contribution is -2.31. The number of nitrogens with one attached hydrogen (secondary N) is 1. The van der Waals surface area contributed by atoms with Crippen molar-refractivity contribution in [2.75, 3.05) is 0 Å². The Kier molecular flexibility index (Phi) is 4.77. The summed E-state index contributed by atoms with van der Waals surface area (Å²) in [5, 5.41) is 28.9. The molecule has 0 fully saturated rings. The summed E-state index contributed by atoms with van der Waals surface area (Å²) in [6, 6.07) is 8.08. The molecule has 0 saturated carbocycles. The lowest BCUT2D eigenvalue weighted by molar-refractivity contribution is 0.0694. The number of aromatic amines is 1. The molecule has 0 aliphatic heterocycles. The smallest absolute Gasteiger partial charge is 0.339 e. The molecule has 142 valence electrons. The van der Waals surface area contributed by atoms with Gasteiger partial charge in [-0.2, -0.15) is 0 Å². The zero-order valence-electron chi connectivity index (χ0n) is 14.0. The summed E-state index contributed by atoms with van der Waals surface area (Å²) in [6.07, 6.45) is 0.947. The molecule has 0 radical (unpaired) electrons. The van der Waals surface area contributed by atoms with E-state index in [2.05, 4.69) is 4.99 Å². The number of nitrogens with zero attached hydrogens (tertiary/aromatic N) is 2. The van der Waals surface area contributed by atoms with Gasteiger partial charge < -0.3 is 15.3 Å². The molecule has 0 atom stereocenters. The molecule has 0 bridgehead atoms. The zero-order valence-corrected chi connectivity index (χ0v) is 14.0. The average molecular weight is 385 g/mol. The van der Waals surface area contributed by atoms with Gasteiger partial charge in [0.25, 0.3) is 5.56 Å². The Hall–Kier alpha value is -4.21. The molecule has 1 heterocycles. The number of phenols is 1. The van der Waals surface area contributed by atoms with E-state index >= 15 is 0 Å². The normalized spacial score (nSPS) is 11.0. The third kappa shape index (κ3) is 3.51. The second-order valence-corrected chi connectivity index (χ2v) is 5.57. The molecule has 3 aromatic rings. The number of aromatic hydroxyl groups is 2. The molecule has 4 N–H and O–H groups in total. The highest BCUT2D eigenvalue weighted by molar-refractivity contribution is 5.91. The average Bonchev–Trinajstić information content (AvgIpc) is 2.62. The Balaban J connectivity index is 2.06. The van der Waals surface area contributed by atoms with Crippen LogP contribution in [-0.4, -0.2) is 37.1 Å². The van der Waals surface area contributed by atoms with Gasteiger partial charge in [-0.3, -0.25) is 14.8 Å². The van der Waals surface area contributed by atoms with E-state index in [1.54, 1.807) is 0 Å². The van der Waals surface area contributed by atoms with Crippen LogP contribution in [0.25, 0.3) is 5.69 Å². The number of carboxylic acids is 1. The molecule has 3 rings (SSSR count).